The number of allylic oxidation sites excluding steroid dienone is 2. The highest BCUT2D eigenvalue weighted by Gasteiger charge is 2.46. The molecule has 0 fully saturated rings. The predicted octanol–water partition coefficient (Wildman–Crippen LogP) is 7.65. The van der Waals surface area contributed by atoms with Gasteiger partial charge in [0.1, 0.15) is 5.78 Å². The average Bonchev–Trinajstić information content (AvgIpc) is 2.68. The summed E-state index contributed by atoms with van der Waals surface area (Å²) in [7, 11) is -1.73. The first kappa shape index (κ1) is 31.1. The van der Waals surface area contributed by atoms with Crippen molar-refractivity contribution in [3.63, 3.8) is 0 Å². The van der Waals surface area contributed by atoms with Crippen LogP contribution in [0.5, 0.6) is 11.5 Å². The lowest BCUT2D eigenvalue weighted by molar-refractivity contribution is -0.117. The van der Waals surface area contributed by atoms with E-state index >= 15 is 0 Å². The molecule has 0 amide bonds. The Balaban J connectivity index is 3.17. The minimum Gasteiger partial charge on any atom is -0.493 e. The zero-order valence-electron chi connectivity index (χ0n) is 26.0. The van der Waals surface area contributed by atoms with Crippen LogP contribution in [0.3, 0.4) is 0 Å². The average molecular weight is 547 g/mol. The first-order valence-corrected chi connectivity index (χ1v) is 24.3. The Morgan fingerprint density at radius 1 is 0.861 bits per heavy atom. The van der Waals surface area contributed by atoms with Crippen LogP contribution in [-0.2, 0) is 4.79 Å². The predicted molar refractivity (Wildman–Crippen MR) is 167 cm³/mol. The fraction of sp³-hybridized carbons (Fsp3) is 0.700. The number of ether oxygens (including phenoxy) is 2. The topological polar surface area (TPSA) is 35.5 Å². The maximum Gasteiger partial charge on any atom is 0.160 e. The van der Waals surface area contributed by atoms with Gasteiger partial charge in [-0.1, -0.05) is 77.5 Å². The number of carbonyl (C=O) groups excluding carboxylic acids is 1. The van der Waals surface area contributed by atoms with E-state index in [9.17, 15) is 4.79 Å². The van der Waals surface area contributed by atoms with Crippen LogP contribution in [0.1, 0.15) is 63.5 Å². The molecule has 1 aliphatic rings. The second-order valence-electron chi connectivity index (χ2n) is 14.6. The van der Waals surface area contributed by atoms with Gasteiger partial charge in [-0.25, -0.2) is 0 Å². The minimum absolute atomic E-state index is 0.163. The van der Waals surface area contributed by atoms with Crippen molar-refractivity contribution >= 4 is 40.4 Å². The third-order valence-corrected chi connectivity index (χ3v) is 14.7. The zero-order chi connectivity index (χ0) is 28.0. The van der Waals surface area contributed by atoms with Gasteiger partial charge in [0, 0.05) is 11.5 Å². The molecular weight excluding hydrogens is 493 g/mol. The van der Waals surface area contributed by atoms with Crippen molar-refractivity contribution in [2.75, 3.05) is 14.2 Å². The van der Waals surface area contributed by atoms with E-state index in [1.807, 2.05) is 21.1 Å². The van der Waals surface area contributed by atoms with Crippen molar-refractivity contribution in [1.29, 1.82) is 0 Å². The van der Waals surface area contributed by atoms with Gasteiger partial charge in [-0.2, -0.15) is 0 Å². The number of methoxy groups -OCH3 is 2. The summed E-state index contributed by atoms with van der Waals surface area (Å²) in [5.41, 5.74) is 4.57. The van der Waals surface area contributed by atoms with Gasteiger partial charge in [0.05, 0.1) is 38.4 Å². The van der Waals surface area contributed by atoms with Crippen molar-refractivity contribution in [1.82, 2.24) is 0 Å². The highest BCUT2D eigenvalue weighted by Crippen LogP contribution is 2.51. The number of hydrogen-bond acceptors (Lipinski definition) is 3. The summed E-state index contributed by atoms with van der Waals surface area (Å²) in [4.78, 5) is 13.0. The smallest absolute Gasteiger partial charge is 0.160 e. The molecule has 0 N–H and O–H groups in total. The molecule has 1 aromatic carbocycles. The number of carbonyl (C=O) groups is 1. The summed E-state index contributed by atoms with van der Waals surface area (Å²) in [6.07, 6.45) is 4.58. The molecule has 0 saturated heterocycles. The Morgan fingerprint density at radius 2 is 1.31 bits per heavy atom. The van der Waals surface area contributed by atoms with Gasteiger partial charge in [0.25, 0.3) is 0 Å². The summed E-state index contributed by atoms with van der Waals surface area (Å²) in [6.45, 7) is 30.4. The fourth-order valence-electron chi connectivity index (χ4n) is 6.64. The SMILES string of the molecule is COc1c(OC)c([Si](C)(C)C)c2c(c1[Si](C)(C)C)[C@@H](C=C(C)C)C[C@H](C)[C@H]2CC(C(C)=O)[Si](C)(C)C. The molecule has 0 bridgehead atoms. The van der Waals surface area contributed by atoms with Crippen LogP contribution in [0.4, 0.5) is 0 Å². The number of fused-ring (bicyclic) bond motifs is 1. The van der Waals surface area contributed by atoms with E-state index in [1.165, 1.54) is 27.1 Å². The summed E-state index contributed by atoms with van der Waals surface area (Å²) in [5, 5.41) is 2.84. The van der Waals surface area contributed by atoms with Crippen LogP contribution in [0.2, 0.25) is 64.5 Å². The molecule has 2 rings (SSSR count). The highest BCUT2D eigenvalue weighted by atomic mass is 28.3. The van der Waals surface area contributed by atoms with Crippen molar-refractivity contribution < 1.29 is 14.3 Å². The molecule has 0 radical (unpaired) electrons. The third-order valence-electron chi connectivity index (χ3n) is 8.01. The number of benzene rings is 1. The van der Waals surface area contributed by atoms with Gasteiger partial charge in [-0.3, -0.25) is 0 Å². The van der Waals surface area contributed by atoms with Crippen LogP contribution in [0, 0.1) is 5.92 Å². The van der Waals surface area contributed by atoms with Gasteiger partial charge in [-0.05, 0) is 66.9 Å². The number of ketones is 1. The normalized spacial score (nSPS) is 21.5. The van der Waals surface area contributed by atoms with Crippen LogP contribution >= 0.6 is 0 Å². The Morgan fingerprint density at radius 3 is 1.64 bits per heavy atom. The van der Waals surface area contributed by atoms with Crippen LogP contribution < -0.4 is 19.8 Å². The summed E-state index contributed by atoms with van der Waals surface area (Å²) in [5.74, 6) is 3.54. The molecule has 0 aromatic heterocycles. The molecule has 0 heterocycles. The minimum atomic E-state index is -1.86. The highest BCUT2D eigenvalue weighted by molar-refractivity contribution is 6.92. The molecule has 6 heteroatoms. The summed E-state index contributed by atoms with van der Waals surface area (Å²) >= 11 is 0. The summed E-state index contributed by atoms with van der Waals surface area (Å²) < 4.78 is 12.5. The van der Waals surface area contributed by atoms with Crippen molar-refractivity contribution in [2.45, 2.75) is 117 Å². The number of rotatable bonds is 9. The van der Waals surface area contributed by atoms with E-state index in [4.69, 9.17) is 9.47 Å². The molecule has 3 nitrogen and oxygen atoms in total. The first-order chi connectivity index (χ1) is 16.3. The van der Waals surface area contributed by atoms with Gasteiger partial charge in [0.15, 0.2) is 11.5 Å². The van der Waals surface area contributed by atoms with Crippen molar-refractivity contribution in [3.8, 4) is 11.5 Å². The van der Waals surface area contributed by atoms with E-state index in [0.29, 0.717) is 23.5 Å². The maximum atomic E-state index is 13.0. The molecule has 0 spiro atoms. The Hall–Kier alpha value is -1.12. The van der Waals surface area contributed by atoms with Crippen molar-refractivity contribution in [3.05, 3.63) is 22.8 Å². The second-order valence-corrected chi connectivity index (χ2v) is 30.0. The molecule has 4 atom stereocenters. The Bertz CT molecular complexity index is 1000. The molecule has 0 aliphatic heterocycles. The third kappa shape index (κ3) is 6.29. The van der Waals surface area contributed by atoms with Crippen molar-refractivity contribution in [2.24, 2.45) is 5.92 Å². The lowest BCUT2D eigenvalue weighted by atomic mass is 9.68. The van der Waals surface area contributed by atoms with Crippen LogP contribution in [0.25, 0.3) is 0 Å². The van der Waals surface area contributed by atoms with E-state index < -0.39 is 24.2 Å². The van der Waals surface area contributed by atoms with Gasteiger partial charge in [0.2, 0.25) is 0 Å². The molecule has 36 heavy (non-hydrogen) atoms. The zero-order valence-corrected chi connectivity index (χ0v) is 29.0. The first-order valence-electron chi connectivity index (χ1n) is 13.7. The van der Waals surface area contributed by atoms with Gasteiger partial charge >= 0.3 is 0 Å². The second kappa shape index (κ2) is 10.9. The Labute approximate surface area is 225 Å². The van der Waals surface area contributed by atoms with Crippen LogP contribution in [0.15, 0.2) is 11.6 Å². The number of hydrogen-bond donors (Lipinski definition) is 0. The molecule has 1 aromatic rings. The largest absolute Gasteiger partial charge is 0.493 e. The van der Waals surface area contributed by atoms with E-state index in [-0.39, 0.29) is 5.54 Å². The fourth-order valence-corrected chi connectivity index (χ4v) is 12.9. The van der Waals surface area contributed by atoms with Gasteiger partial charge in [-0.15, -0.1) is 0 Å². The lowest BCUT2D eigenvalue weighted by Gasteiger charge is -2.45. The maximum absolute atomic E-state index is 13.0. The molecule has 204 valence electrons. The van der Waals surface area contributed by atoms with E-state index in [0.717, 1.165) is 24.3 Å². The van der Waals surface area contributed by atoms with Gasteiger partial charge < -0.3 is 14.3 Å². The lowest BCUT2D eigenvalue weighted by Crippen LogP contribution is -2.51. The monoisotopic (exact) mass is 546 g/mol. The molecular formula is C30H54O3Si3. The Kier molecular flexibility index (Phi) is 9.45. The molecule has 0 saturated carbocycles. The van der Waals surface area contributed by atoms with Crippen LogP contribution in [-0.4, -0.2) is 44.2 Å². The molecule has 1 unspecified atom stereocenters. The quantitative estimate of drug-likeness (QED) is 0.236. The summed E-state index contributed by atoms with van der Waals surface area (Å²) in [6, 6.07) is 0. The molecule has 1 aliphatic carbocycles. The standard InChI is InChI=1S/C30H54O3Si3/c1-19(2)16-22-17-20(3)23(18-24(21(4)31)34(7,8)9)26-25(22)29(35(10,11)12)27(32-5)28(33-6)30(26)36(13,14)15/h16,20,22-24H,17-18H2,1-15H3/t20-,22-,23+,24?/m0/s1. The number of Topliss-reactive ketones (excluding diaryl/α,β-unsaturated/α-hetero) is 1. The van der Waals surface area contributed by atoms with E-state index in [2.05, 4.69) is 85.8 Å². The van der Waals surface area contributed by atoms with E-state index in [1.54, 1.807) is 0 Å².